The Morgan fingerprint density at radius 3 is 2.31 bits per heavy atom. The molecule has 0 unspecified atom stereocenters. The first-order valence-corrected chi connectivity index (χ1v) is 9.92. The summed E-state index contributed by atoms with van der Waals surface area (Å²) in [4.78, 5) is 26.6. The van der Waals surface area contributed by atoms with Crippen molar-refractivity contribution in [1.82, 2.24) is 4.90 Å². The van der Waals surface area contributed by atoms with Gasteiger partial charge in [0.25, 0.3) is 11.1 Å². The van der Waals surface area contributed by atoms with Crippen LogP contribution in [0, 0.1) is 13.8 Å². The third-order valence-corrected chi connectivity index (χ3v) is 5.44. The fourth-order valence-electron chi connectivity index (χ4n) is 2.88. The van der Waals surface area contributed by atoms with Crippen LogP contribution in [0.15, 0.2) is 41.3 Å². The number of carbonyl (C=O) groups excluding carboxylic acids is 2. The van der Waals surface area contributed by atoms with E-state index in [2.05, 4.69) is 0 Å². The molecule has 0 aliphatic carbocycles. The molecule has 1 aliphatic heterocycles. The average molecular weight is 413 g/mol. The largest absolute Gasteiger partial charge is 0.493 e. The molecule has 2 aromatic rings. The van der Waals surface area contributed by atoms with E-state index in [0.717, 1.165) is 28.5 Å². The molecule has 2 aromatic carbocycles. The van der Waals surface area contributed by atoms with Crippen LogP contribution in [0.1, 0.15) is 16.7 Å². The monoisotopic (exact) mass is 413 g/mol. The third-order valence-electron chi connectivity index (χ3n) is 4.54. The number of nitrogens with zero attached hydrogens (tertiary/aromatic N) is 1. The number of hydrogen-bond donors (Lipinski definition) is 0. The van der Waals surface area contributed by atoms with E-state index in [0.29, 0.717) is 22.2 Å². The van der Waals surface area contributed by atoms with Gasteiger partial charge in [0.05, 0.1) is 25.7 Å². The van der Waals surface area contributed by atoms with Crippen molar-refractivity contribution < 1.29 is 23.8 Å². The second-order valence-corrected chi connectivity index (χ2v) is 7.55. The van der Waals surface area contributed by atoms with Crippen LogP contribution in [0.25, 0.3) is 6.08 Å². The maximum absolute atomic E-state index is 12.7. The van der Waals surface area contributed by atoms with Crippen molar-refractivity contribution in [2.75, 3.05) is 27.4 Å². The number of benzene rings is 2. The maximum Gasteiger partial charge on any atom is 0.293 e. The first-order chi connectivity index (χ1) is 13.9. The lowest BCUT2D eigenvalue weighted by molar-refractivity contribution is -0.123. The molecule has 0 bridgehead atoms. The smallest absolute Gasteiger partial charge is 0.293 e. The van der Waals surface area contributed by atoms with Crippen molar-refractivity contribution in [2.45, 2.75) is 13.8 Å². The van der Waals surface area contributed by atoms with Crippen molar-refractivity contribution in [3.63, 3.8) is 0 Å². The number of carbonyl (C=O) groups is 2. The van der Waals surface area contributed by atoms with E-state index in [1.165, 1.54) is 4.90 Å². The number of amides is 2. The van der Waals surface area contributed by atoms with E-state index in [9.17, 15) is 9.59 Å². The van der Waals surface area contributed by atoms with Crippen LogP contribution in [0.2, 0.25) is 0 Å². The molecule has 0 N–H and O–H groups in total. The van der Waals surface area contributed by atoms with Crippen molar-refractivity contribution in [3.05, 3.63) is 58.0 Å². The van der Waals surface area contributed by atoms with E-state index >= 15 is 0 Å². The Hall–Kier alpha value is -2.93. The first-order valence-electron chi connectivity index (χ1n) is 9.10. The summed E-state index contributed by atoms with van der Waals surface area (Å²) < 4.78 is 16.3. The number of hydrogen-bond acceptors (Lipinski definition) is 6. The van der Waals surface area contributed by atoms with Gasteiger partial charge < -0.3 is 14.2 Å². The fraction of sp³-hybridized carbons (Fsp3) is 0.273. The highest BCUT2D eigenvalue weighted by molar-refractivity contribution is 8.18. The number of rotatable bonds is 7. The van der Waals surface area contributed by atoms with Gasteiger partial charge in [0, 0.05) is 0 Å². The minimum Gasteiger partial charge on any atom is -0.493 e. The van der Waals surface area contributed by atoms with E-state index < -0.39 is 0 Å². The molecule has 2 amide bonds. The molecule has 1 saturated heterocycles. The summed E-state index contributed by atoms with van der Waals surface area (Å²) in [5, 5.41) is -0.299. The lowest BCUT2D eigenvalue weighted by Gasteiger charge is -2.13. The van der Waals surface area contributed by atoms with E-state index in [1.54, 1.807) is 26.4 Å². The molecule has 6 nitrogen and oxygen atoms in total. The molecule has 0 radical (unpaired) electrons. The lowest BCUT2D eigenvalue weighted by atomic mass is 10.1. The van der Waals surface area contributed by atoms with E-state index in [-0.39, 0.29) is 24.3 Å². The molecule has 29 heavy (non-hydrogen) atoms. The lowest BCUT2D eigenvalue weighted by Crippen LogP contribution is -2.32. The van der Waals surface area contributed by atoms with Gasteiger partial charge in [-0.25, -0.2) is 0 Å². The zero-order valence-electron chi connectivity index (χ0n) is 16.9. The molecule has 152 valence electrons. The highest BCUT2D eigenvalue weighted by atomic mass is 32.2. The number of imide groups is 1. The predicted molar refractivity (Wildman–Crippen MR) is 114 cm³/mol. The van der Waals surface area contributed by atoms with Crippen molar-refractivity contribution in [3.8, 4) is 17.2 Å². The first kappa shape index (κ1) is 20.8. The Labute approximate surface area is 174 Å². The Morgan fingerprint density at radius 1 is 1.00 bits per heavy atom. The van der Waals surface area contributed by atoms with E-state index in [4.69, 9.17) is 14.2 Å². The molecule has 0 aromatic heterocycles. The summed E-state index contributed by atoms with van der Waals surface area (Å²) in [5.74, 6) is 1.57. The number of ether oxygens (including phenoxy) is 3. The molecule has 0 spiro atoms. The van der Waals surface area contributed by atoms with Crippen LogP contribution >= 0.6 is 11.8 Å². The van der Waals surface area contributed by atoms with Crippen LogP contribution in [-0.2, 0) is 4.79 Å². The number of aryl methyl sites for hydroxylation is 2. The van der Waals surface area contributed by atoms with Gasteiger partial charge in [0.2, 0.25) is 0 Å². The standard InChI is InChI=1S/C22H23NO5S/c1-14-5-7-17(8-6-14)28-10-9-23-21(24)20(29-22(23)25)13-16-12-19(27-4)18(26-3)11-15(16)2/h5-8,11-13H,9-10H2,1-4H3/b20-13-. The highest BCUT2D eigenvalue weighted by Gasteiger charge is 2.35. The molecule has 7 heteroatoms. The van der Waals surface area contributed by atoms with Crippen LogP contribution in [0.5, 0.6) is 17.2 Å². The summed E-state index contributed by atoms with van der Waals surface area (Å²) in [6.07, 6.45) is 1.71. The van der Waals surface area contributed by atoms with Crippen LogP contribution in [0.4, 0.5) is 4.79 Å². The van der Waals surface area contributed by atoms with Gasteiger partial charge in [-0.15, -0.1) is 0 Å². The summed E-state index contributed by atoms with van der Waals surface area (Å²) >= 11 is 0.928. The van der Waals surface area contributed by atoms with Gasteiger partial charge >= 0.3 is 0 Å². The van der Waals surface area contributed by atoms with Crippen LogP contribution < -0.4 is 14.2 Å². The third kappa shape index (κ3) is 4.74. The van der Waals surface area contributed by atoms with Gasteiger partial charge in [-0.05, 0) is 67.1 Å². The zero-order valence-corrected chi connectivity index (χ0v) is 17.7. The van der Waals surface area contributed by atoms with Crippen LogP contribution in [0.3, 0.4) is 0 Å². The average Bonchev–Trinajstić information content (AvgIpc) is 2.98. The normalized spacial score (nSPS) is 15.2. The molecular formula is C22H23NO5S. The second kappa shape index (κ2) is 9.05. The summed E-state index contributed by atoms with van der Waals surface area (Å²) in [7, 11) is 3.12. The van der Waals surface area contributed by atoms with Crippen LogP contribution in [-0.4, -0.2) is 43.4 Å². The topological polar surface area (TPSA) is 65.1 Å². The molecule has 3 rings (SSSR count). The van der Waals surface area contributed by atoms with Crippen molar-refractivity contribution in [1.29, 1.82) is 0 Å². The fourth-order valence-corrected chi connectivity index (χ4v) is 3.73. The molecule has 1 aliphatic rings. The minimum atomic E-state index is -0.318. The van der Waals surface area contributed by atoms with Gasteiger partial charge in [-0.3, -0.25) is 14.5 Å². The van der Waals surface area contributed by atoms with E-state index in [1.807, 2.05) is 44.2 Å². The molecule has 1 heterocycles. The molecule has 0 atom stereocenters. The Bertz CT molecular complexity index is 952. The Balaban J connectivity index is 1.70. The second-order valence-electron chi connectivity index (χ2n) is 6.56. The highest BCUT2D eigenvalue weighted by Crippen LogP contribution is 2.35. The van der Waals surface area contributed by atoms with Crippen molar-refractivity contribution >= 4 is 29.0 Å². The quantitative estimate of drug-likeness (QED) is 0.626. The minimum absolute atomic E-state index is 0.195. The maximum atomic E-state index is 12.7. The summed E-state index contributed by atoms with van der Waals surface area (Å²) in [6.45, 7) is 4.34. The molecule has 1 fully saturated rings. The predicted octanol–water partition coefficient (Wildman–Crippen LogP) is 4.44. The number of methoxy groups -OCH3 is 2. The zero-order chi connectivity index (χ0) is 21.0. The Kier molecular flexibility index (Phi) is 6.49. The number of thioether (sulfide) groups is 1. The molecular weight excluding hydrogens is 390 g/mol. The Morgan fingerprint density at radius 2 is 1.66 bits per heavy atom. The molecule has 0 saturated carbocycles. The van der Waals surface area contributed by atoms with Crippen molar-refractivity contribution in [2.24, 2.45) is 0 Å². The SMILES string of the molecule is COc1cc(C)c(/C=C2\SC(=O)N(CCOc3ccc(C)cc3)C2=O)cc1OC. The summed E-state index contributed by atoms with van der Waals surface area (Å²) in [6, 6.07) is 11.3. The van der Waals surface area contributed by atoms with Gasteiger partial charge in [0.1, 0.15) is 12.4 Å². The summed E-state index contributed by atoms with van der Waals surface area (Å²) in [5.41, 5.74) is 2.85. The van der Waals surface area contributed by atoms with Gasteiger partial charge in [-0.1, -0.05) is 17.7 Å². The van der Waals surface area contributed by atoms with Gasteiger partial charge in [0.15, 0.2) is 11.5 Å². The van der Waals surface area contributed by atoms with Gasteiger partial charge in [-0.2, -0.15) is 0 Å².